The predicted molar refractivity (Wildman–Crippen MR) is 68.9 cm³/mol. The molecule has 0 atom stereocenters. The third kappa shape index (κ3) is 3.14. The molecule has 0 amide bonds. The van der Waals surface area contributed by atoms with E-state index in [2.05, 4.69) is 36.1 Å². The van der Waals surface area contributed by atoms with E-state index >= 15 is 0 Å². The van der Waals surface area contributed by atoms with Crippen LogP contribution in [0.25, 0.3) is 10.6 Å². The van der Waals surface area contributed by atoms with Crippen LogP contribution >= 0.6 is 11.3 Å². The zero-order valence-corrected chi connectivity index (χ0v) is 11.4. The van der Waals surface area contributed by atoms with Gasteiger partial charge in [-0.2, -0.15) is 0 Å². The van der Waals surface area contributed by atoms with Gasteiger partial charge in [-0.05, 0) is 27.7 Å². The van der Waals surface area contributed by atoms with Gasteiger partial charge in [0.1, 0.15) is 5.69 Å². The highest BCUT2D eigenvalue weighted by Gasteiger charge is 2.16. The van der Waals surface area contributed by atoms with E-state index in [0.717, 1.165) is 21.3 Å². The van der Waals surface area contributed by atoms with Crippen LogP contribution in [0, 0.1) is 6.92 Å². The average molecular weight is 251 g/mol. The van der Waals surface area contributed by atoms with Gasteiger partial charge in [-0.15, -0.1) is 11.3 Å². The lowest BCUT2D eigenvalue weighted by atomic mass is 10.1. The van der Waals surface area contributed by atoms with Gasteiger partial charge in [0.2, 0.25) is 0 Å². The number of thiazole rings is 1. The maximum absolute atomic E-state index is 5.45. The minimum atomic E-state index is 0.0693. The molecule has 0 bridgehead atoms. The molecule has 0 aliphatic heterocycles. The maximum Gasteiger partial charge on any atom is 0.181 e. The van der Waals surface area contributed by atoms with E-state index in [9.17, 15) is 0 Å². The Morgan fingerprint density at radius 2 is 2.12 bits per heavy atom. The van der Waals surface area contributed by atoms with E-state index in [0.29, 0.717) is 6.54 Å². The van der Waals surface area contributed by atoms with E-state index in [4.69, 9.17) is 4.42 Å². The van der Waals surface area contributed by atoms with Gasteiger partial charge in [0.05, 0.1) is 9.88 Å². The molecule has 0 fully saturated rings. The first kappa shape index (κ1) is 12.3. The van der Waals surface area contributed by atoms with Crippen molar-refractivity contribution in [1.29, 1.82) is 0 Å². The van der Waals surface area contributed by atoms with E-state index in [-0.39, 0.29) is 5.54 Å². The molecule has 1 N–H and O–H groups in total. The van der Waals surface area contributed by atoms with Crippen molar-refractivity contribution in [2.45, 2.75) is 39.8 Å². The van der Waals surface area contributed by atoms with Crippen molar-refractivity contribution < 1.29 is 4.42 Å². The SMILES string of the molecule is Cc1ncc(-c2ocnc2CNC(C)(C)C)s1. The van der Waals surface area contributed by atoms with Crippen molar-refractivity contribution >= 4 is 11.3 Å². The zero-order chi connectivity index (χ0) is 12.5. The highest BCUT2D eigenvalue weighted by atomic mass is 32.1. The van der Waals surface area contributed by atoms with Crippen molar-refractivity contribution in [3.63, 3.8) is 0 Å². The third-order valence-corrected chi connectivity index (χ3v) is 3.18. The summed E-state index contributed by atoms with van der Waals surface area (Å²) >= 11 is 1.62. The number of nitrogens with one attached hydrogen (secondary N) is 1. The van der Waals surface area contributed by atoms with Crippen LogP contribution in [0.3, 0.4) is 0 Å². The molecule has 2 rings (SSSR count). The van der Waals surface area contributed by atoms with Crippen LogP contribution in [0.5, 0.6) is 0 Å². The van der Waals surface area contributed by atoms with E-state index < -0.39 is 0 Å². The Labute approximate surface area is 105 Å². The molecule has 17 heavy (non-hydrogen) atoms. The highest BCUT2D eigenvalue weighted by molar-refractivity contribution is 7.15. The zero-order valence-electron chi connectivity index (χ0n) is 10.6. The van der Waals surface area contributed by atoms with Crippen LogP contribution in [0.1, 0.15) is 31.5 Å². The number of hydrogen-bond donors (Lipinski definition) is 1. The Kier molecular flexibility index (Phi) is 3.31. The first-order chi connectivity index (χ1) is 7.96. The van der Waals surface area contributed by atoms with Gasteiger partial charge in [-0.3, -0.25) is 0 Å². The Bertz CT molecular complexity index is 496. The first-order valence-corrected chi connectivity index (χ1v) is 6.37. The molecule has 0 aliphatic carbocycles. The normalized spacial score (nSPS) is 12.0. The van der Waals surface area contributed by atoms with Crippen molar-refractivity contribution in [1.82, 2.24) is 15.3 Å². The van der Waals surface area contributed by atoms with Gasteiger partial charge in [0.25, 0.3) is 0 Å². The van der Waals surface area contributed by atoms with Gasteiger partial charge in [-0.25, -0.2) is 9.97 Å². The van der Waals surface area contributed by atoms with E-state index in [1.165, 1.54) is 6.39 Å². The molecule has 92 valence electrons. The number of oxazole rings is 1. The lowest BCUT2D eigenvalue weighted by Gasteiger charge is -2.19. The van der Waals surface area contributed by atoms with Crippen LogP contribution in [-0.2, 0) is 6.54 Å². The van der Waals surface area contributed by atoms with Crippen molar-refractivity contribution in [2.75, 3.05) is 0 Å². The second kappa shape index (κ2) is 4.58. The van der Waals surface area contributed by atoms with Crippen LogP contribution in [0.15, 0.2) is 17.0 Å². The fourth-order valence-corrected chi connectivity index (χ4v) is 2.20. The summed E-state index contributed by atoms with van der Waals surface area (Å²) in [6.45, 7) is 9.07. The van der Waals surface area contributed by atoms with Crippen LogP contribution in [0.4, 0.5) is 0 Å². The van der Waals surface area contributed by atoms with Crippen molar-refractivity contribution in [2.24, 2.45) is 0 Å². The summed E-state index contributed by atoms with van der Waals surface area (Å²) in [5.74, 6) is 0.826. The number of nitrogens with zero attached hydrogens (tertiary/aromatic N) is 2. The van der Waals surface area contributed by atoms with Gasteiger partial charge < -0.3 is 9.73 Å². The summed E-state index contributed by atoms with van der Waals surface area (Å²) in [6, 6.07) is 0. The number of hydrogen-bond acceptors (Lipinski definition) is 5. The summed E-state index contributed by atoms with van der Waals surface area (Å²) in [4.78, 5) is 9.52. The largest absolute Gasteiger partial charge is 0.442 e. The maximum atomic E-state index is 5.45. The number of aromatic nitrogens is 2. The Morgan fingerprint density at radius 3 is 2.71 bits per heavy atom. The lowest BCUT2D eigenvalue weighted by Crippen LogP contribution is -2.35. The average Bonchev–Trinajstić information content (AvgIpc) is 2.81. The molecule has 5 heteroatoms. The standard InChI is InChI=1S/C12H17N3OS/c1-8-13-6-10(17-8)11-9(14-7-16-11)5-15-12(2,3)4/h6-7,15H,5H2,1-4H3. The van der Waals surface area contributed by atoms with Crippen molar-refractivity contribution in [3.05, 3.63) is 23.3 Å². The van der Waals surface area contributed by atoms with Gasteiger partial charge in [-0.1, -0.05) is 0 Å². The first-order valence-electron chi connectivity index (χ1n) is 5.56. The molecule has 2 aromatic rings. The smallest absolute Gasteiger partial charge is 0.181 e. The topological polar surface area (TPSA) is 51.0 Å². The monoisotopic (exact) mass is 251 g/mol. The Hall–Kier alpha value is -1.20. The van der Waals surface area contributed by atoms with Crippen LogP contribution in [0.2, 0.25) is 0 Å². The molecule has 4 nitrogen and oxygen atoms in total. The molecule has 0 unspecified atom stereocenters. The fraction of sp³-hybridized carbons (Fsp3) is 0.500. The minimum absolute atomic E-state index is 0.0693. The predicted octanol–water partition coefficient (Wildman–Crippen LogP) is 2.99. The number of aryl methyl sites for hydroxylation is 1. The molecular formula is C12H17N3OS. The Morgan fingerprint density at radius 1 is 1.35 bits per heavy atom. The summed E-state index contributed by atoms with van der Waals surface area (Å²) in [5, 5.41) is 4.44. The molecule has 0 spiro atoms. The quantitative estimate of drug-likeness (QED) is 0.911. The molecule has 2 heterocycles. The fourth-order valence-electron chi connectivity index (χ4n) is 1.41. The molecule has 0 radical (unpaired) electrons. The molecule has 0 aliphatic rings. The summed E-state index contributed by atoms with van der Waals surface area (Å²) in [5.41, 5.74) is 1.00. The van der Waals surface area contributed by atoms with Gasteiger partial charge >= 0.3 is 0 Å². The molecule has 0 saturated carbocycles. The van der Waals surface area contributed by atoms with Crippen molar-refractivity contribution in [3.8, 4) is 10.6 Å². The second-order valence-electron chi connectivity index (χ2n) is 4.98. The van der Waals surface area contributed by atoms with Gasteiger partial charge in [0, 0.05) is 18.3 Å². The number of rotatable bonds is 3. The van der Waals surface area contributed by atoms with Crippen LogP contribution < -0.4 is 5.32 Å². The minimum Gasteiger partial charge on any atom is -0.442 e. The highest BCUT2D eigenvalue weighted by Crippen LogP contribution is 2.28. The summed E-state index contributed by atoms with van der Waals surface area (Å²) in [6.07, 6.45) is 3.32. The summed E-state index contributed by atoms with van der Waals surface area (Å²) < 4.78 is 5.45. The Balaban J connectivity index is 2.17. The molecule has 0 saturated heterocycles. The van der Waals surface area contributed by atoms with Gasteiger partial charge in [0.15, 0.2) is 12.2 Å². The van der Waals surface area contributed by atoms with E-state index in [1.807, 2.05) is 13.1 Å². The second-order valence-corrected chi connectivity index (χ2v) is 6.21. The molecular weight excluding hydrogens is 234 g/mol. The lowest BCUT2D eigenvalue weighted by molar-refractivity contribution is 0.421. The summed E-state index contributed by atoms with van der Waals surface area (Å²) in [7, 11) is 0. The van der Waals surface area contributed by atoms with Crippen LogP contribution in [-0.4, -0.2) is 15.5 Å². The van der Waals surface area contributed by atoms with E-state index in [1.54, 1.807) is 11.3 Å². The third-order valence-electron chi connectivity index (χ3n) is 2.27. The molecule has 0 aromatic carbocycles. The molecule has 2 aromatic heterocycles.